The summed E-state index contributed by atoms with van der Waals surface area (Å²) in [4.78, 5) is 0. The number of halogens is 2. The van der Waals surface area contributed by atoms with Crippen LogP contribution >= 0.6 is 31.9 Å². The molecule has 4 aromatic carbocycles. The van der Waals surface area contributed by atoms with Crippen LogP contribution in [0.5, 0.6) is 0 Å². The third kappa shape index (κ3) is 6.67. The van der Waals surface area contributed by atoms with E-state index in [0.29, 0.717) is 0 Å². The summed E-state index contributed by atoms with van der Waals surface area (Å²) in [6.07, 6.45) is 3.90. The quantitative estimate of drug-likeness (QED) is 0.203. The van der Waals surface area contributed by atoms with Crippen molar-refractivity contribution < 1.29 is 0 Å². The molecule has 2 aromatic heterocycles. The third-order valence-corrected chi connectivity index (χ3v) is 6.46. The molecule has 0 saturated carbocycles. The van der Waals surface area contributed by atoms with Crippen molar-refractivity contribution in [1.82, 2.24) is 30.0 Å². The average molecular weight is 614 g/mol. The van der Waals surface area contributed by atoms with Gasteiger partial charge in [-0.1, -0.05) is 121 Å². The molecule has 6 rings (SSSR count). The molecule has 6 aromatic rings. The predicted octanol–water partition coefficient (Wildman–Crippen LogP) is 7.45. The minimum atomic E-state index is 0.722. The highest BCUT2D eigenvalue weighted by atomic mass is 79.9. The Balaban J connectivity index is 0.000000152. The maximum Gasteiger partial charge on any atom is 0.113 e. The highest BCUT2D eigenvalue weighted by molar-refractivity contribution is 9.10. The van der Waals surface area contributed by atoms with Crippen LogP contribution in [0.4, 0.5) is 0 Å². The lowest BCUT2D eigenvalue weighted by Gasteiger charge is -2.01. The van der Waals surface area contributed by atoms with Crippen LogP contribution in [-0.4, -0.2) is 30.0 Å². The summed E-state index contributed by atoms with van der Waals surface area (Å²) in [5.74, 6) is 0. The molecule has 0 saturated heterocycles. The molecule has 6 nitrogen and oxygen atoms in total. The summed E-state index contributed by atoms with van der Waals surface area (Å²) >= 11 is 6.92. The summed E-state index contributed by atoms with van der Waals surface area (Å²) in [7, 11) is 0. The molecule has 0 N–H and O–H groups in total. The molecule has 0 amide bonds. The van der Waals surface area contributed by atoms with E-state index in [0.717, 1.165) is 43.7 Å². The summed E-state index contributed by atoms with van der Waals surface area (Å²) in [6.45, 7) is 0.722. The number of hydrogen-bond donors (Lipinski definition) is 0. The van der Waals surface area contributed by atoms with E-state index in [1.165, 1.54) is 5.56 Å². The summed E-state index contributed by atoms with van der Waals surface area (Å²) in [6, 6.07) is 36.3. The molecular weight excluding hydrogens is 592 g/mol. The second-order valence-corrected chi connectivity index (χ2v) is 10.0. The SMILES string of the molecule is Brc1cccc(-n2cc(-c3ccccc3)nn2)c1.Brc1cccc(Cn2cc(-c3ccccc3)nn2)c1. The standard InChI is InChI=1S/C15H12BrN3.C14H10BrN3/c16-14-8-4-5-12(9-14)10-19-11-15(17-18-19)13-6-2-1-3-7-13;15-12-7-4-8-13(9-12)18-10-14(16-17-18)11-5-2-1-3-6-11/h1-9,11H,10H2;1-10H. The van der Waals surface area contributed by atoms with Crippen molar-refractivity contribution in [2.24, 2.45) is 0 Å². The minimum absolute atomic E-state index is 0.722. The van der Waals surface area contributed by atoms with Crippen LogP contribution in [0.3, 0.4) is 0 Å². The zero-order chi connectivity index (χ0) is 25.5. The van der Waals surface area contributed by atoms with Crippen LogP contribution in [0.25, 0.3) is 28.2 Å². The Kier molecular flexibility index (Phi) is 7.98. The summed E-state index contributed by atoms with van der Waals surface area (Å²) < 4.78 is 5.72. The Morgan fingerprint density at radius 1 is 0.568 bits per heavy atom. The molecule has 182 valence electrons. The van der Waals surface area contributed by atoms with E-state index < -0.39 is 0 Å². The van der Waals surface area contributed by atoms with Crippen molar-refractivity contribution >= 4 is 31.9 Å². The van der Waals surface area contributed by atoms with Gasteiger partial charge in [-0.3, -0.25) is 0 Å². The van der Waals surface area contributed by atoms with Crippen LogP contribution in [-0.2, 0) is 6.54 Å². The van der Waals surface area contributed by atoms with Gasteiger partial charge < -0.3 is 0 Å². The molecule has 0 aliphatic heterocycles. The minimum Gasteiger partial charge on any atom is -0.247 e. The molecule has 0 fully saturated rings. The fourth-order valence-electron chi connectivity index (χ4n) is 3.69. The van der Waals surface area contributed by atoms with Gasteiger partial charge in [0.05, 0.1) is 24.6 Å². The van der Waals surface area contributed by atoms with E-state index in [1.807, 2.05) is 114 Å². The van der Waals surface area contributed by atoms with Crippen LogP contribution in [0.1, 0.15) is 5.56 Å². The molecule has 0 spiro atoms. The summed E-state index contributed by atoms with van der Waals surface area (Å²) in [5, 5.41) is 16.7. The van der Waals surface area contributed by atoms with Gasteiger partial charge in [0, 0.05) is 20.1 Å². The molecule has 0 atom stereocenters. The second-order valence-electron chi connectivity index (χ2n) is 8.19. The maximum absolute atomic E-state index is 4.21. The Morgan fingerprint density at radius 2 is 1.16 bits per heavy atom. The van der Waals surface area contributed by atoms with Gasteiger partial charge in [-0.25, -0.2) is 9.36 Å². The smallest absolute Gasteiger partial charge is 0.113 e. The summed E-state index contributed by atoms with van der Waals surface area (Å²) in [5.41, 5.74) is 6.10. The van der Waals surface area contributed by atoms with Crippen molar-refractivity contribution in [1.29, 1.82) is 0 Å². The van der Waals surface area contributed by atoms with Crippen LogP contribution < -0.4 is 0 Å². The van der Waals surface area contributed by atoms with Gasteiger partial charge in [0.15, 0.2) is 0 Å². The van der Waals surface area contributed by atoms with Gasteiger partial charge >= 0.3 is 0 Å². The number of nitrogens with zero attached hydrogens (tertiary/aromatic N) is 6. The van der Waals surface area contributed by atoms with Crippen molar-refractivity contribution in [2.75, 3.05) is 0 Å². The average Bonchev–Trinajstić information content (AvgIpc) is 3.61. The van der Waals surface area contributed by atoms with Crippen molar-refractivity contribution in [3.63, 3.8) is 0 Å². The largest absolute Gasteiger partial charge is 0.247 e. The molecule has 0 unspecified atom stereocenters. The van der Waals surface area contributed by atoms with Gasteiger partial charge in [-0.2, -0.15) is 0 Å². The Morgan fingerprint density at radius 3 is 1.81 bits per heavy atom. The first-order chi connectivity index (χ1) is 18.1. The van der Waals surface area contributed by atoms with E-state index in [2.05, 4.69) is 64.6 Å². The predicted molar refractivity (Wildman–Crippen MR) is 153 cm³/mol. The second kappa shape index (κ2) is 11.9. The number of aromatic nitrogens is 6. The van der Waals surface area contributed by atoms with E-state index in [9.17, 15) is 0 Å². The molecule has 37 heavy (non-hydrogen) atoms. The van der Waals surface area contributed by atoms with Gasteiger partial charge in [0.2, 0.25) is 0 Å². The zero-order valence-electron chi connectivity index (χ0n) is 19.7. The number of rotatable bonds is 5. The first-order valence-corrected chi connectivity index (χ1v) is 13.2. The Labute approximate surface area is 231 Å². The lowest BCUT2D eigenvalue weighted by atomic mass is 10.2. The number of benzene rings is 4. The topological polar surface area (TPSA) is 61.4 Å². The first kappa shape index (κ1) is 24.8. The maximum atomic E-state index is 4.21. The first-order valence-electron chi connectivity index (χ1n) is 11.6. The van der Waals surface area contributed by atoms with Crippen molar-refractivity contribution in [3.8, 4) is 28.2 Å². The van der Waals surface area contributed by atoms with Gasteiger partial charge in [-0.15, -0.1) is 10.2 Å². The van der Waals surface area contributed by atoms with Crippen LogP contribution in [0.15, 0.2) is 131 Å². The normalized spacial score (nSPS) is 10.5. The lowest BCUT2D eigenvalue weighted by molar-refractivity contribution is 0.649. The third-order valence-electron chi connectivity index (χ3n) is 5.48. The van der Waals surface area contributed by atoms with Crippen LogP contribution in [0.2, 0.25) is 0 Å². The van der Waals surface area contributed by atoms with E-state index >= 15 is 0 Å². The molecular formula is C29H22Br2N6. The highest BCUT2D eigenvalue weighted by Crippen LogP contribution is 2.19. The van der Waals surface area contributed by atoms with Crippen molar-refractivity contribution in [3.05, 3.63) is 136 Å². The molecule has 0 aliphatic rings. The molecule has 0 aliphatic carbocycles. The molecule has 2 heterocycles. The van der Waals surface area contributed by atoms with Gasteiger partial charge in [-0.05, 0) is 35.9 Å². The van der Waals surface area contributed by atoms with Crippen LogP contribution in [0, 0.1) is 0 Å². The Hall–Kier alpha value is -3.88. The van der Waals surface area contributed by atoms with E-state index in [-0.39, 0.29) is 0 Å². The number of hydrogen-bond acceptors (Lipinski definition) is 4. The molecule has 0 radical (unpaired) electrons. The van der Waals surface area contributed by atoms with Gasteiger partial charge in [0.25, 0.3) is 0 Å². The van der Waals surface area contributed by atoms with Crippen molar-refractivity contribution in [2.45, 2.75) is 6.54 Å². The van der Waals surface area contributed by atoms with E-state index in [1.54, 1.807) is 4.68 Å². The fourth-order valence-corrected chi connectivity index (χ4v) is 4.52. The Bertz CT molecular complexity index is 1580. The monoisotopic (exact) mass is 612 g/mol. The zero-order valence-corrected chi connectivity index (χ0v) is 22.9. The van der Waals surface area contributed by atoms with E-state index in [4.69, 9.17) is 0 Å². The highest BCUT2D eigenvalue weighted by Gasteiger charge is 2.05. The fraction of sp³-hybridized carbons (Fsp3) is 0.0345. The molecule has 0 bridgehead atoms. The van der Waals surface area contributed by atoms with Gasteiger partial charge in [0.1, 0.15) is 11.4 Å². The lowest BCUT2D eigenvalue weighted by Crippen LogP contribution is -2.00. The molecule has 8 heteroatoms.